The van der Waals surface area contributed by atoms with E-state index < -0.39 is 17.8 Å². The lowest BCUT2D eigenvalue weighted by molar-refractivity contribution is -0.142. The van der Waals surface area contributed by atoms with Crippen LogP contribution in [0.5, 0.6) is 11.5 Å². The number of rotatable bonds is 6. The molecule has 1 N–H and O–H groups in total. The molecule has 2 heterocycles. The minimum absolute atomic E-state index is 0.0289. The number of halogens is 4. The van der Waals surface area contributed by atoms with Gasteiger partial charge < -0.3 is 14.8 Å². The van der Waals surface area contributed by atoms with Crippen LogP contribution in [-0.4, -0.2) is 34.7 Å². The zero-order chi connectivity index (χ0) is 24.5. The Morgan fingerprint density at radius 2 is 1.76 bits per heavy atom. The Kier molecular flexibility index (Phi) is 6.34. The van der Waals surface area contributed by atoms with Crippen molar-refractivity contribution in [2.45, 2.75) is 12.7 Å². The number of aromatic nitrogens is 3. The number of alkyl halides is 3. The van der Waals surface area contributed by atoms with E-state index in [1.54, 1.807) is 30.3 Å². The van der Waals surface area contributed by atoms with Crippen molar-refractivity contribution < 1.29 is 27.4 Å². The maximum Gasteiger partial charge on any atom is 0.433 e. The lowest BCUT2D eigenvalue weighted by atomic mass is 10.1. The van der Waals surface area contributed by atoms with E-state index in [2.05, 4.69) is 15.4 Å². The van der Waals surface area contributed by atoms with Gasteiger partial charge in [-0.3, -0.25) is 4.79 Å². The zero-order valence-electron chi connectivity index (χ0n) is 18.0. The van der Waals surface area contributed by atoms with E-state index >= 15 is 0 Å². The third-order valence-corrected chi connectivity index (χ3v) is 5.36. The predicted octanol–water partition coefficient (Wildman–Crippen LogP) is 5.02. The van der Waals surface area contributed by atoms with Crippen LogP contribution in [0.15, 0.2) is 54.6 Å². The Bertz CT molecular complexity index is 1360. The lowest BCUT2D eigenvalue weighted by Crippen LogP contribution is -2.23. The van der Waals surface area contributed by atoms with Crippen LogP contribution >= 0.6 is 11.6 Å². The Morgan fingerprint density at radius 3 is 2.41 bits per heavy atom. The Balaban J connectivity index is 1.79. The van der Waals surface area contributed by atoms with Crippen LogP contribution < -0.4 is 14.8 Å². The van der Waals surface area contributed by atoms with Crippen molar-refractivity contribution in [1.82, 2.24) is 19.9 Å². The number of nitrogens with one attached hydrogen (secondary N) is 1. The first-order chi connectivity index (χ1) is 16.2. The van der Waals surface area contributed by atoms with Gasteiger partial charge in [-0.2, -0.15) is 18.3 Å². The summed E-state index contributed by atoms with van der Waals surface area (Å²) in [5, 5.41) is 6.15. The quantitative estimate of drug-likeness (QED) is 0.411. The van der Waals surface area contributed by atoms with E-state index in [1.807, 2.05) is 6.07 Å². The van der Waals surface area contributed by atoms with Gasteiger partial charge in [0, 0.05) is 12.1 Å². The summed E-state index contributed by atoms with van der Waals surface area (Å²) in [7, 11) is 2.85. The minimum Gasteiger partial charge on any atom is -0.493 e. The number of hydrogen-bond acceptors (Lipinski definition) is 5. The summed E-state index contributed by atoms with van der Waals surface area (Å²) in [4.78, 5) is 16.9. The molecule has 34 heavy (non-hydrogen) atoms. The van der Waals surface area contributed by atoms with E-state index in [0.717, 1.165) is 11.6 Å². The van der Waals surface area contributed by atoms with Crippen LogP contribution in [0.2, 0.25) is 5.02 Å². The minimum atomic E-state index is -4.79. The fraction of sp³-hybridized carbons (Fsp3) is 0.174. The van der Waals surface area contributed by atoms with E-state index in [4.69, 9.17) is 21.1 Å². The first-order valence-electron chi connectivity index (χ1n) is 9.94. The van der Waals surface area contributed by atoms with Gasteiger partial charge in [-0.05, 0) is 29.8 Å². The highest BCUT2D eigenvalue weighted by Crippen LogP contribution is 2.37. The Labute approximate surface area is 197 Å². The van der Waals surface area contributed by atoms with Gasteiger partial charge >= 0.3 is 6.18 Å². The van der Waals surface area contributed by atoms with Crippen LogP contribution in [0, 0.1) is 0 Å². The largest absolute Gasteiger partial charge is 0.493 e. The van der Waals surface area contributed by atoms with Crippen molar-refractivity contribution in [1.29, 1.82) is 0 Å². The topological polar surface area (TPSA) is 77.8 Å². The Hall–Kier alpha value is -3.79. The molecule has 4 rings (SSSR count). The number of carbonyl (C=O) groups is 1. The summed E-state index contributed by atoms with van der Waals surface area (Å²) in [5.74, 6) is -0.000841. The van der Waals surface area contributed by atoms with Gasteiger partial charge in [0.2, 0.25) is 0 Å². The molecule has 0 saturated carbocycles. The molecule has 0 fully saturated rings. The maximum absolute atomic E-state index is 13.9. The smallest absolute Gasteiger partial charge is 0.433 e. The summed E-state index contributed by atoms with van der Waals surface area (Å²) in [6, 6.07) is 14.4. The number of ether oxygens (including phenoxy) is 2. The lowest BCUT2D eigenvalue weighted by Gasteiger charge is -2.12. The summed E-state index contributed by atoms with van der Waals surface area (Å²) in [5.41, 5.74) is -0.685. The number of amides is 1. The molecule has 0 aliphatic carbocycles. The van der Waals surface area contributed by atoms with Crippen molar-refractivity contribution in [3.8, 4) is 22.8 Å². The SMILES string of the molecule is COc1ccc(-c2cc(C(F)(F)F)n3nc(C(=O)NCc4ccccc4)c(Cl)c3n2)cc1OC. The molecule has 0 saturated heterocycles. The molecule has 0 radical (unpaired) electrons. The predicted molar refractivity (Wildman–Crippen MR) is 119 cm³/mol. The van der Waals surface area contributed by atoms with Gasteiger partial charge in [0.1, 0.15) is 5.02 Å². The van der Waals surface area contributed by atoms with Crippen LogP contribution in [0.4, 0.5) is 13.2 Å². The molecule has 0 spiro atoms. The molecule has 11 heteroatoms. The summed E-state index contributed by atoms with van der Waals surface area (Å²) in [6.07, 6.45) is -4.79. The summed E-state index contributed by atoms with van der Waals surface area (Å²) in [6.45, 7) is 0.153. The third kappa shape index (κ3) is 4.49. The van der Waals surface area contributed by atoms with Crippen molar-refractivity contribution >= 4 is 23.2 Å². The van der Waals surface area contributed by atoms with E-state index in [9.17, 15) is 18.0 Å². The highest BCUT2D eigenvalue weighted by molar-refractivity contribution is 6.36. The molecule has 7 nitrogen and oxygen atoms in total. The maximum atomic E-state index is 13.9. The number of benzene rings is 2. The monoisotopic (exact) mass is 490 g/mol. The fourth-order valence-electron chi connectivity index (χ4n) is 3.34. The first-order valence-corrected chi connectivity index (χ1v) is 10.3. The molecule has 1 amide bonds. The number of fused-ring (bicyclic) bond motifs is 1. The van der Waals surface area contributed by atoms with Crippen molar-refractivity contribution in [3.63, 3.8) is 0 Å². The van der Waals surface area contributed by atoms with Gasteiger partial charge in [0.25, 0.3) is 5.91 Å². The second-order valence-corrected chi connectivity index (χ2v) is 7.54. The molecule has 4 aromatic rings. The zero-order valence-corrected chi connectivity index (χ0v) is 18.7. The number of hydrogen-bond donors (Lipinski definition) is 1. The van der Waals surface area contributed by atoms with Crippen molar-refractivity contribution in [3.05, 3.63) is 76.6 Å². The third-order valence-electron chi connectivity index (χ3n) is 5.01. The number of methoxy groups -OCH3 is 2. The van der Waals surface area contributed by atoms with Gasteiger partial charge in [-0.15, -0.1) is 0 Å². The molecule has 2 aromatic carbocycles. The van der Waals surface area contributed by atoms with Crippen LogP contribution in [-0.2, 0) is 12.7 Å². The summed E-state index contributed by atoms with van der Waals surface area (Å²) >= 11 is 6.30. The molecule has 0 unspecified atom stereocenters. The molecule has 176 valence electrons. The average molecular weight is 491 g/mol. The fourth-order valence-corrected chi connectivity index (χ4v) is 3.59. The highest BCUT2D eigenvalue weighted by atomic mass is 35.5. The van der Waals surface area contributed by atoms with Crippen LogP contribution in [0.1, 0.15) is 21.7 Å². The first kappa shape index (κ1) is 23.4. The Morgan fingerprint density at radius 1 is 1.06 bits per heavy atom. The molecule has 2 aromatic heterocycles. The van der Waals surface area contributed by atoms with Crippen molar-refractivity contribution in [2.75, 3.05) is 14.2 Å². The van der Waals surface area contributed by atoms with E-state index in [1.165, 1.54) is 26.4 Å². The van der Waals surface area contributed by atoms with Gasteiger partial charge in [-0.25, -0.2) is 9.50 Å². The van der Waals surface area contributed by atoms with Gasteiger partial charge in [0.15, 0.2) is 28.5 Å². The molecule has 0 aliphatic rings. The molecule has 0 bridgehead atoms. The van der Waals surface area contributed by atoms with E-state index in [0.29, 0.717) is 21.6 Å². The normalized spacial score (nSPS) is 11.5. The second kappa shape index (κ2) is 9.22. The molecule has 0 aliphatic heterocycles. The molecular weight excluding hydrogens is 473 g/mol. The van der Waals surface area contributed by atoms with Gasteiger partial charge in [-0.1, -0.05) is 41.9 Å². The van der Waals surface area contributed by atoms with E-state index in [-0.39, 0.29) is 28.6 Å². The standard InChI is InChI=1S/C23H18ClF3N4O3/c1-33-16-9-8-14(10-17(16)34-2)15-11-18(23(25,26)27)31-21(29-15)19(24)20(30-31)22(32)28-12-13-6-4-3-5-7-13/h3-11H,12H2,1-2H3,(H,28,32). The summed E-state index contributed by atoms with van der Waals surface area (Å²) < 4.78 is 52.7. The highest BCUT2D eigenvalue weighted by Gasteiger charge is 2.36. The van der Waals surface area contributed by atoms with Crippen molar-refractivity contribution in [2.24, 2.45) is 0 Å². The average Bonchev–Trinajstić information content (AvgIpc) is 3.17. The van der Waals surface area contributed by atoms with Crippen LogP contribution in [0.25, 0.3) is 16.9 Å². The van der Waals surface area contributed by atoms with Gasteiger partial charge in [0.05, 0.1) is 19.9 Å². The molecular formula is C23H18ClF3N4O3. The number of nitrogens with zero attached hydrogens (tertiary/aromatic N) is 3. The second-order valence-electron chi connectivity index (χ2n) is 7.16. The molecule has 0 atom stereocenters. The number of carbonyl (C=O) groups excluding carboxylic acids is 1. The van der Waals surface area contributed by atoms with Crippen LogP contribution in [0.3, 0.4) is 0 Å².